The molecule has 1 saturated carbocycles. The number of rotatable bonds is 4. The molecule has 1 aliphatic carbocycles. The minimum atomic E-state index is -0.0295. The molecule has 0 spiro atoms. The van der Waals surface area contributed by atoms with Gasteiger partial charge in [0.25, 0.3) is 0 Å². The zero-order chi connectivity index (χ0) is 14.8. The van der Waals surface area contributed by atoms with Gasteiger partial charge in [0.15, 0.2) is 0 Å². The van der Waals surface area contributed by atoms with Gasteiger partial charge < -0.3 is 10.6 Å². The van der Waals surface area contributed by atoms with Crippen LogP contribution in [0.25, 0.3) is 0 Å². The molecule has 110 valence electrons. The van der Waals surface area contributed by atoms with E-state index >= 15 is 0 Å². The van der Waals surface area contributed by atoms with Gasteiger partial charge in [0.1, 0.15) is 0 Å². The Morgan fingerprint density at radius 3 is 2.50 bits per heavy atom. The molecule has 4 heteroatoms. The van der Waals surface area contributed by atoms with E-state index in [1.807, 2.05) is 23.9 Å². The Balaban J connectivity index is 2.01. The average molecular weight is 292 g/mol. The highest BCUT2D eigenvalue weighted by Crippen LogP contribution is 2.44. The van der Waals surface area contributed by atoms with E-state index < -0.39 is 0 Å². The van der Waals surface area contributed by atoms with Gasteiger partial charge in [0, 0.05) is 28.8 Å². The van der Waals surface area contributed by atoms with Crippen molar-refractivity contribution in [1.29, 1.82) is 0 Å². The first-order valence-electron chi connectivity index (χ1n) is 7.14. The SMILES string of the molecule is CNC1C(Sc2ccc(NC(C)=O)cc2)CCC1(C)C. The van der Waals surface area contributed by atoms with Gasteiger partial charge in [0.05, 0.1) is 0 Å². The summed E-state index contributed by atoms with van der Waals surface area (Å²) in [6, 6.07) is 8.67. The summed E-state index contributed by atoms with van der Waals surface area (Å²) in [6.45, 7) is 6.21. The van der Waals surface area contributed by atoms with Crippen LogP contribution in [-0.2, 0) is 4.79 Å². The van der Waals surface area contributed by atoms with E-state index in [1.165, 1.54) is 24.7 Å². The zero-order valence-electron chi connectivity index (χ0n) is 12.7. The molecule has 0 saturated heterocycles. The van der Waals surface area contributed by atoms with Gasteiger partial charge in [-0.25, -0.2) is 0 Å². The van der Waals surface area contributed by atoms with E-state index in [1.54, 1.807) is 0 Å². The molecular weight excluding hydrogens is 268 g/mol. The number of hydrogen-bond donors (Lipinski definition) is 2. The van der Waals surface area contributed by atoms with Crippen molar-refractivity contribution in [2.75, 3.05) is 12.4 Å². The summed E-state index contributed by atoms with van der Waals surface area (Å²) in [7, 11) is 2.06. The number of carbonyl (C=O) groups is 1. The molecule has 1 aromatic carbocycles. The maximum Gasteiger partial charge on any atom is 0.221 e. The summed E-state index contributed by atoms with van der Waals surface area (Å²) in [4.78, 5) is 12.3. The number of anilines is 1. The van der Waals surface area contributed by atoms with Gasteiger partial charge in [-0.2, -0.15) is 0 Å². The van der Waals surface area contributed by atoms with E-state index in [2.05, 4.69) is 43.7 Å². The molecule has 20 heavy (non-hydrogen) atoms. The van der Waals surface area contributed by atoms with Crippen LogP contribution in [0.15, 0.2) is 29.2 Å². The monoisotopic (exact) mass is 292 g/mol. The number of carbonyl (C=O) groups excluding carboxylic acids is 1. The lowest BCUT2D eigenvalue weighted by atomic mass is 9.87. The third-order valence-electron chi connectivity index (χ3n) is 4.06. The lowest BCUT2D eigenvalue weighted by Gasteiger charge is -2.30. The minimum Gasteiger partial charge on any atom is -0.326 e. The molecule has 0 bridgehead atoms. The van der Waals surface area contributed by atoms with Crippen LogP contribution in [0.3, 0.4) is 0 Å². The van der Waals surface area contributed by atoms with E-state index in [0.29, 0.717) is 16.7 Å². The standard InChI is InChI=1S/C16H24N2OS/c1-11(19)18-12-5-7-13(8-6-12)20-14-9-10-16(2,3)15(14)17-4/h5-8,14-15,17H,9-10H2,1-4H3,(H,18,19). The molecule has 2 rings (SSSR count). The van der Waals surface area contributed by atoms with Crippen molar-refractivity contribution in [3.05, 3.63) is 24.3 Å². The van der Waals surface area contributed by atoms with Crippen LogP contribution < -0.4 is 10.6 Å². The predicted molar refractivity (Wildman–Crippen MR) is 86.3 cm³/mol. The molecule has 2 unspecified atom stereocenters. The first-order valence-corrected chi connectivity index (χ1v) is 8.02. The second kappa shape index (κ2) is 6.19. The largest absolute Gasteiger partial charge is 0.326 e. The third kappa shape index (κ3) is 3.55. The molecule has 0 heterocycles. The maximum absolute atomic E-state index is 11.0. The van der Waals surface area contributed by atoms with Gasteiger partial charge in [-0.05, 0) is 49.6 Å². The second-order valence-electron chi connectivity index (χ2n) is 6.16. The van der Waals surface area contributed by atoms with Crippen LogP contribution in [0.1, 0.15) is 33.6 Å². The Labute approximate surface area is 125 Å². The molecule has 1 aromatic rings. The Hall–Kier alpha value is -1.00. The molecule has 2 N–H and O–H groups in total. The van der Waals surface area contributed by atoms with Crippen molar-refractivity contribution < 1.29 is 4.79 Å². The predicted octanol–water partition coefficient (Wildman–Crippen LogP) is 3.51. The lowest BCUT2D eigenvalue weighted by molar-refractivity contribution is -0.114. The van der Waals surface area contributed by atoms with Gasteiger partial charge in [-0.15, -0.1) is 11.8 Å². The zero-order valence-corrected chi connectivity index (χ0v) is 13.5. The summed E-state index contributed by atoms with van der Waals surface area (Å²) < 4.78 is 0. The molecule has 1 aliphatic rings. The van der Waals surface area contributed by atoms with Gasteiger partial charge in [-0.1, -0.05) is 13.8 Å². The average Bonchev–Trinajstić information content (AvgIpc) is 2.66. The fourth-order valence-electron chi connectivity index (χ4n) is 3.04. The molecule has 1 fully saturated rings. The summed E-state index contributed by atoms with van der Waals surface area (Å²) >= 11 is 1.94. The van der Waals surface area contributed by atoms with E-state index in [-0.39, 0.29) is 5.91 Å². The molecule has 0 radical (unpaired) electrons. The molecule has 1 amide bonds. The smallest absolute Gasteiger partial charge is 0.221 e. The van der Waals surface area contributed by atoms with Crippen LogP contribution in [0.4, 0.5) is 5.69 Å². The molecule has 2 atom stereocenters. The normalized spacial score (nSPS) is 24.6. The Morgan fingerprint density at radius 2 is 1.95 bits per heavy atom. The Kier molecular flexibility index (Phi) is 4.76. The van der Waals surface area contributed by atoms with Crippen molar-refractivity contribution in [3.8, 4) is 0 Å². The van der Waals surface area contributed by atoms with Crippen LogP contribution in [0.5, 0.6) is 0 Å². The quantitative estimate of drug-likeness (QED) is 0.892. The number of nitrogens with one attached hydrogen (secondary N) is 2. The van der Waals surface area contributed by atoms with E-state index in [0.717, 1.165) is 5.69 Å². The highest BCUT2D eigenvalue weighted by Gasteiger charge is 2.41. The third-order valence-corrected chi connectivity index (χ3v) is 5.41. The van der Waals surface area contributed by atoms with Crippen LogP contribution in [-0.4, -0.2) is 24.2 Å². The number of thioether (sulfide) groups is 1. The number of hydrogen-bond acceptors (Lipinski definition) is 3. The highest BCUT2D eigenvalue weighted by atomic mass is 32.2. The maximum atomic E-state index is 11.0. The van der Waals surface area contributed by atoms with Crippen molar-refractivity contribution in [3.63, 3.8) is 0 Å². The Bertz CT molecular complexity index is 470. The summed E-state index contributed by atoms with van der Waals surface area (Å²) in [5.41, 5.74) is 1.22. The first-order chi connectivity index (χ1) is 9.42. The minimum absolute atomic E-state index is 0.0295. The molecule has 0 aromatic heterocycles. The molecular formula is C16H24N2OS. The number of benzene rings is 1. The van der Waals surface area contributed by atoms with Crippen molar-refractivity contribution in [1.82, 2.24) is 5.32 Å². The number of amides is 1. The van der Waals surface area contributed by atoms with Crippen molar-refractivity contribution >= 4 is 23.4 Å². The van der Waals surface area contributed by atoms with Crippen LogP contribution in [0.2, 0.25) is 0 Å². The Morgan fingerprint density at radius 1 is 1.30 bits per heavy atom. The summed E-state index contributed by atoms with van der Waals surface area (Å²) in [5, 5.41) is 6.89. The molecule has 3 nitrogen and oxygen atoms in total. The fraction of sp³-hybridized carbons (Fsp3) is 0.562. The van der Waals surface area contributed by atoms with Gasteiger partial charge >= 0.3 is 0 Å². The summed E-state index contributed by atoms with van der Waals surface area (Å²) in [5.74, 6) is -0.0295. The van der Waals surface area contributed by atoms with Crippen LogP contribution >= 0.6 is 11.8 Å². The fourth-order valence-corrected chi connectivity index (χ4v) is 4.56. The highest BCUT2D eigenvalue weighted by molar-refractivity contribution is 8.00. The topological polar surface area (TPSA) is 41.1 Å². The van der Waals surface area contributed by atoms with E-state index in [9.17, 15) is 4.79 Å². The van der Waals surface area contributed by atoms with Gasteiger partial charge in [0.2, 0.25) is 5.91 Å². The second-order valence-corrected chi connectivity index (χ2v) is 7.47. The van der Waals surface area contributed by atoms with Crippen molar-refractivity contribution in [2.24, 2.45) is 5.41 Å². The van der Waals surface area contributed by atoms with Crippen LogP contribution in [0, 0.1) is 5.41 Å². The lowest BCUT2D eigenvalue weighted by Crippen LogP contribution is -2.41. The first kappa shape index (κ1) is 15.4. The summed E-state index contributed by atoms with van der Waals surface area (Å²) in [6.07, 6.45) is 2.51. The van der Waals surface area contributed by atoms with Gasteiger partial charge in [-0.3, -0.25) is 4.79 Å². The molecule has 0 aliphatic heterocycles. The van der Waals surface area contributed by atoms with E-state index in [4.69, 9.17) is 0 Å². The van der Waals surface area contributed by atoms with Crippen molar-refractivity contribution in [2.45, 2.75) is 49.8 Å².